The van der Waals surface area contributed by atoms with Gasteiger partial charge in [0.15, 0.2) is 0 Å². The monoisotopic (exact) mass is 220 g/mol. The quantitative estimate of drug-likeness (QED) is 0.835. The summed E-state index contributed by atoms with van der Waals surface area (Å²) in [5, 5.41) is 8.02. The van der Waals surface area contributed by atoms with Crippen molar-refractivity contribution in [1.82, 2.24) is 15.1 Å². The fourth-order valence-corrected chi connectivity index (χ4v) is 2.33. The van der Waals surface area contributed by atoms with Gasteiger partial charge in [-0.15, -0.1) is 0 Å². The van der Waals surface area contributed by atoms with Gasteiger partial charge in [0, 0.05) is 0 Å². The molecule has 4 nitrogen and oxygen atoms in total. The van der Waals surface area contributed by atoms with Gasteiger partial charge in [0.25, 0.3) is 0 Å². The fraction of sp³-hybridized carbons (Fsp3) is 0.667. The van der Waals surface area contributed by atoms with E-state index in [0.29, 0.717) is 0 Å². The van der Waals surface area contributed by atoms with Crippen LogP contribution in [-0.2, 0) is 6.42 Å². The largest absolute Gasteiger partial charge is 0.397 e. The molecule has 0 radical (unpaired) electrons. The van der Waals surface area contributed by atoms with Crippen LogP contribution in [0.5, 0.6) is 0 Å². The third kappa shape index (κ3) is 2.92. The molecule has 0 amide bonds. The normalized spacial score (nSPS) is 18.8. The lowest BCUT2D eigenvalue weighted by atomic mass is 9.92. The zero-order chi connectivity index (χ0) is 11.4. The second-order valence-corrected chi connectivity index (χ2v) is 4.56. The number of nitrogens with zero attached hydrogens (tertiary/aromatic N) is 3. The third-order valence-electron chi connectivity index (χ3n) is 3.38. The molecule has 0 spiro atoms. The van der Waals surface area contributed by atoms with E-state index in [1.54, 1.807) is 6.20 Å². The topological polar surface area (TPSA) is 55.0 Å². The van der Waals surface area contributed by atoms with Crippen LogP contribution < -0.4 is 5.73 Å². The molecule has 0 unspecified atom stereocenters. The predicted molar refractivity (Wildman–Crippen MR) is 65.0 cm³/mol. The molecule has 2 heterocycles. The van der Waals surface area contributed by atoms with E-state index in [-0.39, 0.29) is 0 Å². The van der Waals surface area contributed by atoms with Gasteiger partial charge in [-0.25, -0.2) is 0 Å². The number of hydrogen-bond acceptors (Lipinski definition) is 4. The average molecular weight is 220 g/mol. The molecule has 2 rings (SSSR count). The average Bonchev–Trinajstić information content (AvgIpc) is 2.30. The van der Waals surface area contributed by atoms with Crippen molar-refractivity contribution < 1.29 is 0 Å². The third-order valence-corrected chi connectivity index (χ3v) is 3.38. The molecule has 16 heavy (non-hydrogen) atoms. The maximum absolute atomic E-state index is 5.70. The SMILES string of the molecule is CCN1CCC(Cc2cc(N)cnn2)CC1. The number of rotatable bonds is 3. The maximum Gasteiger partial charge on any atom is 0.0726 e. The Morgan fingerprint density at radius 2 is 2.19 bits per heavy atom. The van der Waals surface area contributed by atoms with Gasteiger partial charge < -0.3 is 10.6 Å². The number of nitrogens with two attached hydrogens (primary N) is 1. The van der Waals surface area contributed by atoms with E-state index in [0.717, 1.165) is 23.7 Å². The van der Waals surface area contributed by atoms with Crippen LogP contribution in [0, 0.1) is 5.92 Å². The lowest BCUT2D eigenvalue weighted by Crippen LogP contribution is -2.34. The summed E-state index contributed by atoms with van der Waals surface area (Å²) in [7, 11) is 0. The molecule has 1 saturated heterocycles. The Bertz CT molecular complexity index is 332. The van der Waals surface area contributed by atoms with E-state index < -0.39 is 0 Å². The molecule has 1 aliphatic heterocycles. The van der Waals surface area contributed by atoms with Crippen molar-refractivity contribution in [2.24, 2.45) is 5.92 Å². The summed E-state index contributed by atoms with van der Waals surface area (Å²) < 4.78 is 0. The Labute approximate surface area is 96.9 Å². The summed E-state index contributed by atoms with van der Waals surface area (Å²) >= 11 is 0. The number of hydrogen-bond donors (Lipinski definition) is 1. The minimum absolute atomic E-state index is 0.719. The van der Waals surface area contributed by atoms with Gasteiger partial charge in [-0.05, 0) is 50.9 Å². The Morgan fingerprint density at radius 1 is 1.44 bits per heavy atom. The minimum atomic E-state index is 0.719. The van der Waals surface area contributed by atoms with Crippen LogP contribution in [0.2, 0.25) is 0 Å². The maximum atomic E-state index is 5.70. The molecule has 0 bridgehead atoms. The molecule has 1 aromatic rings. The minimum Gasteiger partial charge on any atom is -0.397 e. The zero-order valence-electron chi connectivity index (χ0n) is 9.89. The molecule has 0 atom stereocenters. The van der Waals surface area contributed by atoms with Crippen molar-refractivity contribution in [3.05, 3.63) is 18.0 Å². The summed E-state index contributed by atoms with van der Waals surface area (Å²) in [4.78, 5) is 2.50. The number of anilines is 1. The van der Waals surface area contributed by atoms with E-state index in [9.17, 15) is 0 Å². The highest BCUT2D eigenvalue weighted by Gasteiger charge is 2.18. The van der Waals surface area contributed by atoms with Crippen LogP contribution in [0.3, 0.4) is 0 Å². The Kier molecular flexibility index (Phi) is 3.72. The van der Waals surface area contributed by atoms with Crippen molar-refractivity contribution in [2.45, 2.75) is 26.2 Å². The molecule has 4 heteroatoms. The zero-order valence-corrected chi connectivity index (χ0v) is 9.89. The van der Waals surface area contributed by atoms with Gasteiger partial charge in [-0.2, -0.15) is 10.2 Å². The summed E-state index contributed by atoms with van der Waals surface area (Å²) in [6.45, 7) is 5.84. The van der Waals surface area contributed by atoms with Crippen molar-refractivity contribution in [3.63, 3.8) is 0 Å². The Hall–Kier alpha value is -1.16. The van der Waals surface area contributed by atoms with Crippen LogP contribution in [0.4, 0.5) is 5.69 Å². The van der Waals surface area contributed by atoms with E-state index in [1.807, 2.05) is 6.07 Å². The van der Waals surface area contributed by atoms with Gasteiger partial charge >= 0.3 is 0 Å². The van der Waals surface area contributed by atoms with Crippen LogP contribution in [0.15, 0.2) is 12.3 Å². The molecule has 0 aliphatic carbocycles. The molecule has 88 valence electrons. The summed E-state index contributed by atoms with van der Waals surface area (Å²) in [5.74, 6) is 0.749. The van der Waals surface area contributed by atoms with Crippen LogP contribution >= 0.6 is 0 Å². The summed E-state index contributed by atoms with van der Waals surface area (Å²) in [5.41, 5.74) is 7.45. The Balaban J connectivity index is 1.87. The fourth-order valence-electron chi connectivity index (χ4n) is 2.33. The molecule has 0 aromatic carbocycles. The smallest absolute Gasteiger partial charge is 0.0726 e. The van der Waals surface area contributed by atoms with Crippen LogP contribution in [0.25, 0.3) is 0 Å². The summed E-state index contributed by atoms with van der Waals surface area (Å²) in [6.07, 6.45) is 5.16. The lowest BCUT2D eigenvalue weighted by Gasteiger charge is -2.30. The van der Waals surface area contributed by atoms with Gasteiger partial charge in [-0.1, -0.05) is 6.92 Å². The molecular weight excluding hydrogens is 200 g/mol. The first-order valence-electron chi connectivity index (χ1n) is 6.07. The predicted octanol–water partition coefficient (Wildman–Crippen LogP) is 1.33. The van der Waals surface area contributed by atoms with Crippen molar-refractivity contribution in [3.8, 4) is 0 Å². The van der Waals surface area contributed by atoms with Gasteiger partial charge in [0.05, 0.1) is 17.6 Å². The van der Waals surface area contributed by atoms with Gasteiger partial charge in [-0.3, -0.25) is 0 Å². The molecule has 1 aliphatic rings. The second-order valence-electron chi connectivity index (χ2n) is 4.56. The molecule has 1 fully saturated rings. The number of piperidine rings is 1. The van der Waals surface area contributed by atoms with Crippen molar-refractivity contribution >= 4 is 5.69 Å². The van der Waals surface area contributed by atoms with E-state index in [1.165, 1.54) is 32.5 Å². The van der Waals surface area contributed by atoms with Crippen molar-refractivity contribution in [1.29, 1.82) is 0 Å². The number of nitrogen functional groups attached to an aromatic ring is 1. The first-order valence-corrected chi connectivity index (χ1v) is 6.07. The van der Waals surface area contributed by atoms with Gasteiger partial charge in [0.1, 0.15) is 0 Å². The number of aromatic nitrogens is 2. The Morgan fingerprint density at radius 3 is 2.81 bits per heavy atom. The molecule has 0 saturated carbocycles. The van der Waals surface area contributed by atoms with E-state index >= 15 is 0 Å². The standard InChI is InChI=1S/C12H20N4/c1-2-16-5-3-10(4-6-16)7-12-8-11(13)9-14-15-12/h8-10H,2-7H2,1H3,(H2,13,15). The second kappa shape index (κ2) is 5.25. The first kappa shape index (κ1) is 11.3. The summed E-state index contributed by atoms with van der Waals surface area (Å²) in [6, 6.07) is 1.94. The molecule has 1 aromatic heterocycles. The highest BCUT2D eigenvalue weighted by Crippen LogP contribution is 2.20. The highest BCUT2D eigenvalue weighted by molar-refractivity contribution is 5.34. The van der Waals surface area contributed by atoms with Gasteiger partial charge in [0.2, 0.25) is 0 Å². The van der Waals surface area contributed by atoms with Crippen LogP contribution in [-0.4, -0.2) is 34.7 Å². The number of likely N-dealkylation sites (tertiary alicyclic amines) is 1. The first-order chi connectivity index (χ1) is 7.78. The van der Waals surface area contributed by atoms with Crippen LogP contribution in [0.1, 0.15) is 25.5 Å². The van der Waals surface area contributed by atoms with E-state index in [4.69, 9.17) is 5.73 Å². The molecular formula is C12H20N4. The van der Waals surface area contributed by atoms with Crippen molar-refractivity contribution in [2.75, 3.05) is 25.4 Å². The highest BCUT2D eigenvalue weighted by atomic mass is 15.1. The van der Waals surface area contributed by atoms with E-state index in [2.05, 4.69) is 22.0 Å². The lowest BCUT2D eigenvalue weighted by molar-refractivity contribution is 0.191. The molecule has 2 N–H and O–H groups in total.